The number of hydrogen-bond acceptors (Lipinski definition) is 4. The van der Waals surface area contributed by atoms with Gasteiger partial charge in [0, 0.05) is 7.11 Å². The molecule has 98 valence electrons. The highest BCUT2D eigenvalue weighted by Gasteiger charge is 2.42. The smallest absolute Gasteiger partial charge is 0.313 e. The molecule has 0 N–H and O–H groups in total. The van der Waals surface area contributed by atoms with Gasteiger partial charge in [0.05, 0.1) is 6.61 Å². The zero-order valence-electron chi connectivity index (χ0n) is 11.0. The Balaban J connectivity index is 2.65. The molecule has 1 aliphatic carbocycles. The number of ketones is 1. The van der Waals surface area contributed by atoms with Gasteiger partial charge in [-0.2, -0.15) is 0 Å². The molecule has 1 rings (SSSR count). The zero-order valence-corrected chi connectivity index (χ0v) is 11.0. The average molecular weight is 242 g/mol. The largest absolute Gasteiger partial charge is 0.466 e. The molecule has 0 bridgehead atoms. The fraction of sp³-hybridized carbons (Fsp3) is 0.846. The summed E-state index contributed by atoms with van der Waals surface area (Å²) in [7, 11) is 1.56. The Morgan fingerprint density at radius 1 is 1.41 bits per heavy atom. The standard InChI is InChI=1S/C13H22O4/c1-4-17-12(15)8-11(14)13(16-3)7-5-6-10(2)9-13/h10H,4-9H2,1-3H3. The third kappa shape index (κ3) is 3.53. The number of rotatable bonds is 5. The number of carbonyl (C=O) groups is 2. The van der Waals surface area contributed by atoms with Gasteiger partial charge in [-0.25, -0.2) is 0 Å². The molecule has 0 radical (unpaired) electrons. The summed E-state index contributed by atoms with van der Waals surface area (Å²) in [5, 5.41) is 0. The first-order valence-corrected chi connectivity index (χ1v) is 6.28. The molecule has 0 heterocycles. The second-order valence-electron chi connectivity index (χ2n) is 4.80. The molecule has 1 aliphatic rings. The Hall–Kier alpha value is -0.900. The van der Waals surface area contributed by atoms with E-state index in [0.717, 1.165) is 12.8 Å². The molecule has 17 heavy (non-hydrogen) atoms. The highest BCUT2D eigenvalue weighted by Crippen LogP contribution is 2.36. The lowest BCUT2D eigenvalue weighted by atomic mass is 9.75. The van der Waals surface area contributed by atoms with Crippen LogP contribution in [0.1, 0.15) is 46.0 Å². The van der Waals surface area contributed by atoms with Crippen LogP contribution in [-0.2, 0) is 19.1 Å². The molecule has 2 atom stereocenters. The van der Waals surface area contributed by atoms with Crippen molar-refractivity contribution in [3.8, 4) is 0 Å². The minimum absolute atomic E-state index is 0.134. The molecule has 0 aromatic carbocycles. The van der Waals surface area contributed by atoms with Gasteiger partial charge in [-0.3, -0.25) is 9.59 Å². The van der Waals surface area contributed by atoms with Gasteiger partial charge in [-0.15, -0.1) is 0 Å². The van der Waals surface area contributed by atoms with Crippen molar-refractivity contribution in [1.29, 1.82) is 0 Å². The van der Waals surface area contributed by atoms with Crippen LogP contribution in [0.3, 0.4) is 0 Å². The molecule has 0 amide bonds. The molecule has 0 spiro atoms. The molecule has 0 aromatic rings. The summed E-state index contributed by atoms with van der Waals surface area (Å²) in [4.78, 5) is 23.5. The van der Waals surface area contributed by atoms with Crippen LogP contribution >= 0.6 is 0 Å². The van der Waals surface area contributed by atoms with Gasteiger partial charge in [0.1, 0.15) is 12.0 Å². The molecule has 4 nitrogen and oxygen atoms in total. The normalized spacial score (nSPS) is 28.8. The first-order chi connectivity index (χ1) is 8.04. The fourth-order valence-corrected chi connectivity index (χ4v) is 2.56. The van der Waals surface area contributed by atoms with E-state index >= 15 is 0 Å². The van der Waals surface area contributed by atoms with E-state index in [2.05, 4.69) is 6.92 Å². The Morgan fingerprint density at radius 3 is 2.65 bits per heavy atom. The highest BCUT2D eigenvalue weighted by molar-refractivity contribution is 6.00. The number of Topliss-reactive ketones (excluding diaryl/α,β-unsaturated/α-hetero) is 1. The maximum absolute atomic E-state index is 12.2. The van der Waals surface area contributed by atoms with E-state index < -0.39 is 11.6 Å². The van der Waals surface area contributed by atoms with Crippen LogP contribution in [0.15, 0.2) is 0 Å². The summed E-state index contributed by atoms with van der Waals surface area (Å²) in [6.45, 7) is 4.16. The number of carbonyl (C=O) groups excluding carboxylic acids is 2. The monoisotopic (exact) mass is 242 g/mol. The second-order valence-corrected chi connectivity index (χ2v) is 4.80. The highest BCUT2D eigenvalue weighted by atomic mass is 16.5. The minimum Gasteiger partial charge on any atom is -0.466 e. The summed E-state index contributed by atoms with van der Waals surface area (Å²) >= 11 is 0. The van der Waals surface area contributed by atoms with Crippen molar-refractivity contribution >= 4 is 11.8 Å². The van der Waals surface area contributed by atoms with Crippen molar-refractivity contribution in [3.63, 3.8) is 0 Å². The third-order valence-corrected chi connectivity index (χ3v) is 3.46. The minimum atomic E-state index is -0.759. The van der Waals surface area contributed by atoms with Gasteiger partial charge in [0.2, 0.25) is 0 Å². The molecule has 2 unspecified atom stereocenters. The van der Waals surface area contributed by atoms with Crippen molar-refractivity contribution in [2.24, 2.45) is 5.92 Å². The number of esters is 1. The molecule has 0 aromatic heterocycles. The van der Waals surface area contributed by atoms with E-state index in [1.165, 1.54) is 0 Å². The zero-order chi connectivity index (χ0) is 12.9. The Labute approximate surface area is 103 Å². The van der Waals surface area contributed by atoms with Crippen molar-refractivity contribution in [2.75, 3.05) is 13.7 Å². The average Bonchev–Trinajstić information content (AvgIpc) is 2.29. The molecular weight excluding hydrogens is 220 g/mol. The SMILES string of the molecule is CCOC(=O)CC(=O)C1(OC)CCCC(C)C1. The van der Waals surface area contributed by atoms with Crippen LogP contribution < -0.4 is 0 Å². The Kier molecular flexibility index (Phi) is 5.12. The van der Waals surface area contributed by atoms with Crippen LogP contribution in [0.2, 0.25) is 0 Å². The predicted molar refractivity (Wildman–Crippen MR) is 63.6 cm³/mol. The molecular formula is C13H22O4. The van der Waals surface area contributed by atoms with Crippen LogP contribution in [-0.4, -0.2) is 31.1 Å². The van der Waals surface area contributed by atoms with Gasteiger partial charge >= 0.3 is 5.97 Å². The second kappa shape index (κ2) is 6.15. The van der Waals surface area contributed by atoms with Gasteiger partial charge < -0.3 is 9.47 Å². The summed E-state index contributed by atoms with van der Waals surface area (Å²) in [6, 6.07) is 0. The van der Waals surface area contributed by atoms with Crippen molar-refractivity contribution in [2.45, 2.75) is 51.6 Å². The van der Waals surface area contributed by atoms with E-state index in [0.29, 0.717) is 25.4 Å². The van der Waals surface area contributed by atoms with E-state index in [1.807, 2.05) is 0 Å². The lowest BCUT2D eigenvalue weighted by Crippen LogP contribution is -2.45. The predicted octanol–water partition coefficient (Wildman–Crippen LogP) is 2.10. The molecule has 1 fully saturated rings. The van der Waals surface area contributed by atoms with E-state index in [4.69, 9.17) is 9.47 Å². The Morgan fingerprint density at radius 2 is 2.12 bits per heavy atom. The van der Waals surface area contributed by atoms with Gasteiger partial charge in [0.25, 0.3) is 0 Å². The van der Waals surface area contributed by atoms with Crippen LogP contribution in [0.25, 0.3) is 0 Å². The Bertz CT molecular complexity index is 287. The summed E-state index contributed by atoms with van der Waals surface area (Å²) in [6.07, 6.45) is 3.35. The lowest BCUT2D eigenvalue weighted by Gasteiger charge is -2.37. The van der Waals surface area contributed by atoms with Crippen molar-refractivity contribution in [3.05, 3.63) is 0 Å². The number of hydrogen-bond donors (Lipinski definition) is 0. The molecule has 4 heteroatoms. The van der Waals surface area contributed by atoms with Crippen LogP contribution in [0.5, 0.6) is 0 Å². The first-order valence-electron chi connectivity index (χ1n) is 6.28. The third-order valence-electron chi connectivity index (χ3n) is 3.46. The van der Waals surface area contributed by atoms with E-state index in [9.17, 15) is 9.59 Å². The van der Waals surface area contributed by atoms with Crippen LogP contribution in [0, 0.1) is 5.92 Å². The van der Waals surface area contributed by atoms with E-state index in [-0.39, 0.29) is 12.2 Å². The molecule has 0 saturated heterocycles. The number of methoxy groups -OCH3 is 1. The van der Waals surface area contributed by atoms with Crippen LogP contribution in [0.4, 0.5) is 0 Å². The summed E-state index contributed by atoms with van der Waals surface area (Å²) in [5.41, 5.74) is -0.759. The fourth-order valence-electron chi connectivity index (χ4n) is 2.56. The molecule has 0 aliphatic heterocycles. The van der Waals surface area contributed by atoms with Gasteiger partial charge in [-0.1, -0.05) is 13.3 Å². The van der Waals surface area contributed by atoms with E-state index in [1.54, 1.807) is 14.0 Å². The van der Waals surface area contributed by atoms with Gasteiger partial charge in [0.15, 0.2) is 5.78 Å². The maximum atomic E-state index is 12.2. The summed E-state index contributed by atoms with van der Waals surface area (Å²) < 4.78 is 10.2. The topological polar surface area (TPSA) is 52.6 Å². The lowest BCUT2D eigenvalue weighted by molar-refractivity contribution is -0.155. The van der Waals surface area contributed by atoms with Crippen molar-refractivity contribution < 1.29 is 19.1 Å². The quantitative estimate of drug-likeness (QED) is 0.547. The maximum Gasteiger partial charge on any atom is 0.313 e. The van der Waals surface area contributed by atoms with Crippen molar-refractivity contribution in [1.82, 2.24) is 0 Å². The number of ether oxygens (including phenoxy) is 2. The summed E-state index contributed by atoms with van der Waals surface area (Å²) in [5.74, 6) is -0.119. The first kappa shape index (κ1) is 14.2. The molecule has 1 saturated carbocycles. The van der Waals surface area contributed by atoms with Gasteiger partial charge in [-0.05, 0) is 32.1 Å².